The standard InChI is InChI=1S/C38H55N14O27P5/c1-5-15-6-7-42-29-21(20(15)39)43-12-50(29)36-28(69-4)27(76-80(58,59)70-10-18-25(54)26(55)35(74-18)51-13-44-22-30(51)45-37(40)47-32(22)56)19(75-36)11-72-82(62,63)78-84(66,67)79-83(64,65)77-81(60,61)71-9-17-16(8-68-3)24(53)34(73-17)52-14-49(2)23-31(52)46-38(41)48-33(23)57/h7,12-14,16-19,24-28,34-36,53-55H,5-6,8-11,39H2,1-4H3,(H10-,40,41,45,46,47,48,56,57,58,59,60,61,62,63,64,65,66,67)/p+1/t16-,17-,18-,19-,24-,25-,26-,27-,28-,34-,35-,36-/m1/s1. The van der Waals surface area contributed by atoms with E-state index in [9.17, 15) is 72.2 Å². The SMILES string of the molecule is CCC1=C(N)c2ncn([C@@H]3O[C@H](COP(=O)(O)OP(=O)(O)OP(=O)(O)OP(=O)(O)OC[C@H]4O[C@@H]([n+]5cn(C)c6c(=O)[nH]c(N)nc65)[C@H](O)[C@@H]4COC)[C@@H](OP(=O)(O)OC[C@H]4O[C@@H](n5cnc6c(=O)[nH]c(N)nc65)[C@H](O)[C@@H]4O)[C@H]3OC)c2N=CC1. The number of nitrogens with zero attached hydrogens (tertiary/aromatic N) is 9. The number of imidazole rings is 3. The Balaban J connectivity index is 0.869. The molecule has 9 heterocycles. The van der Waals surface area contributed by atoms with Gasteiger partial charge in [0.2, 0.25) is 17.7 Å². The highest BCUT2D eigenvalue weighted by molar-refractivity contribution is 7.69. The van der Waals surface area contributed by atoms with E-state index in [0.717, 1.165) is 23.6 Å². The number of nitrogens with one attached hydrogen (secondary N) is 2. The minimum absolute atomic E-state index is 0.00951. The fourth-order valence-electron chi connectivity index (χ4n) is 9.58. The number of nitrogens with two attached hydrogens (primary N) is 3. The molecule has 5 aromatic rings. The average Bonchev–Trinajstić information content (AvgIpc) is 2.79. The summed E-state index contributed by atoms with van der Waals surface area (Å²) in [5.74, 6) is -1.63. The fraction of sp³-hybridized carbons (Fsp3) is 0.579. The molecule has 3 fully saturated rings. The number of aryl methyl sites for hydroxylation is 1. The zero-order chi connectivity index (χ0) is 61.2. The number of aromatic nitrogens is 10. The quantitative estimate of drug-likeness (QED) is 0.0234. The summed E-state index contributed by atoms with van der Waals surface area (Å²) in [6.45, 7) is -1.81. The molecule has 16 N–H and O–H groups in total. The molecule has 0 amide bonds. The molecule has 84 heavy (non-hydrogen) atoms. The molecule has 17 atom stereocenters. The fourth-order valence-corrected chi connectivity index (χ4v) is 15.5. The molecule has 5 aromatic heterocycles. The first-order valence-electron chi connectivity index (χ1n) is 24.3. The number of hydrogen-bond acceptors (Lipinski definition) is 30. The number of phosphoric ester groups is 3. The maximum atomic E-state index is 13.8. The average molecular weight is 1300 g/mol. The number of nitrogen functional groups attached to an aromatic ring is 2. The highest BCUT2D eigenvalue weighted by Gasteiger charge is 2.54. The van der Waals surface area contributed by atoms with Gasteiger partial charge in [0.15, 0.2) is 35.8 Å². The maximum Gasteiger partial charge on any atom is 0.490 e. The van der Waals surface area contributed by atoms with Crippen LogP contribution >= 0.6 is 39.1 Å². The van der Waals surface area contributed by atoms with E-state index in [0.29, 0.717) is 12.8 Å². The van der Waals surface area contributed by atoms with Crippen molar-refractivity contribution in [3.8, 4) is 0 Å². The molecular weight excluding hydrogens is 1240 g/mol. The number of H-pyrrole nitrogens is 2. The van der Waals surface area contributed by atoms with Crippen LogP contribution in [-0.2, 0) is 84.6 Å². The molecule has 0 radical (unpaired) electrons. The second-order valence-electron chi connectivity index (χ2n) is 18.8. The van der Waals surface area contributed by atoms with Crippen molar-refractivity contribution in [1.29, 1.82) is 0 Å². The summed E-state index contributed by atoms with van der Waals surface area (Å²) >= 11 is 0. The second-order valence-corrected chi connectivity index (χ2v) is 26.4. The number of fused-ring (bicyclic) bond motifs is 3. The number of rotatable bonds is 24. The second kappa shape index (κ2) is 24.3. The van der Waals surface area contributed by atoms with Crippen molar-refractivity contribution in [1.82, 2.24) is 43.6 Å². The minimum atomic E-state index is -6.44. The summed E-state index contributed by atoms with van der Waals surface area (Å²) in [5.41, 5.74) is 17.2. The first-order chi connectivity index (χ1) is 39.4. The number of aliphatic hydroxyl groups is 3. The lowest BCUT2D eigenvalue weighted by Crippen LogP contribution is -2.45. The third-order valence-electron chi connectivity index (χ3n) is 13.3. The highest BCUT2D eigenvalue weighted by Crippen LogP contribution is 2.71. The number of allylic oxidation sites excluding steroid dienone is 1. The van der Waals surface area contributed by atoms with Crippen molar-refractivity contribution >= 4 is 91.1 Å². The Bertz CT molecular complexity index is 3740. The predicted molar refractivity (Wildman–Crippen MR) is 276 cm³/mol. The number of aliphatic imine (C=N–C) groups is 1. The van der Waals surface area contributed by atoms with Gasteiger partial charge in [0.1, 0.15) is 48.4 Å². The highest BCUT2D eigenvalue weighted by atomic mass is 31.3. The van der Waals surface area contributed by atoms with Crippen molar-refractivity contribution in [2.75, 3.05) is 52.1 Å². The number of aromatic amines is 2. The molecule has 46 heteroatoms. The Morgan fingerprint density at radius 1 is 0.714 bits per heavy atom. The van der Waals surface area contributed by atoms with Gasteiger partial charge < -0.3 is 80.7 Å². The van der Waals surface area contributed by atoms with Crippen LogP contribution < -0.4 is 32.9 Å². The molecule has 0 saturated carbocycles. The van der Waals surface area contributed by atoms with Crippen LogP contribution in [0.1, 0.15) is 44.1 Å². The summed E-state index contributed by atoms with van der Waals surface area (Å²) < 4.78 is 132. The van der Waals surface area contributed by atoms with Crippen LogP contribution in [0.25, 0.3) is 28.0 Å². The lowest BCUT2D eigenvalue weighted by atomic mass is 9.99. The number of methoxy groups -OCH3 is 2. The number of phosphoric acid groups is 5. The van der Waals surface area contributed by atoms with E-state index in [1.807, 2.05) is 6.92 Å². The number of anilines is 2. The summed E-state index contributed by atoms with van der Waals surface area (Å²) in [6, 6.07) is 0. The van der Waals surface area contributed by atoms with E-state index >= 15 is 0 Å². The van der Waals surface area contributed by atoms with Gasteiger partial charge >= 0.3 is 44.8 Å². The number of aliphatic hydroxyl groups excluding tert-OH is 3. The monoisotopic (exact) mass is 1300 g/mol. The molecule has 4 aliphatic rings. The molecule has 5 unspecified atom stereocenters. The molecule has 464 valence electrons. The minimum Gasteiger partial charge on any atom is -0.397 e. The van der Waals surface area contributed by atoms with Crippen LogP contribution in [0.5, 0.6) is 0 Å². The zero-order valence-corrected chi connectivity index (χ0v) is 48.3. The summed E-state index contributed by atoms with van der Waals surface area (Å²) in [7, 11) is -26.5. The van der Waals surface area contributed by atoms with Gasteiger partial charge in [0.05, 0.1) is 57.9 Å². The van der Waals surface area contributed by atoms with Crippen LogP contribution in [0.2, 0.25) is 0 Å². The van der Waals surface area contributed by atoms with E-state index in [2.05, 4.69) is 47.8 Å². The summed E-state index contributed by atoms with van der Waals surface area (Å²) in [5, 5.41) is 33.1. The third kappa shape index (κ3) is 13.3. The lowest BCUT2D eigenvalue weighted by molar-refractivity contribution is -0.745. The molecule has 41 nitrogen and oxygen atoms in total. The van der Waals surface area contributed by atoms with Gasteiger partial charge in [0.25, 0.3) is 17.1 Å². The van der Waals surface area contributed by atoms with Crippen molar-refractivity contribution in [3.05, 3.63) is 51.0 Å². The van der Waals surface area contributed by atoms with Gasteiger partial charge in [-0.15, -0.1) is 0 Å². The topological polar surface area (TPSA) is 584 Å². The van der Waals surface area contributed by atoms with Gasteiger partial charge in [-0.3, -0.25) is 51.4 Å². The van der Waals surface area contributed by atoms with Gasteiger partial charge in [-0.25, -0.2) is 42.4 Å². The van der Waals surface area contributed by atoms with E-state index in [1.54, 1.807) is 0 Å². The smallest absolute Gasteiger partial charge is 0.397 e. The van der Waals surface area contributed by atoms with E-state index in [-0.39, 0.29) is 58.0 Å². The summed E-state index contributed by atoms with van der Waals surface area (Å²) in [4.78, 5) is 103. The molecular formula is C38H56N14O27P5+. The zero-order valence-electron chi connectivity index (χ0n) is 43.8. The normalized spacial score (nSPS) is 30.0. The maximum absolute atomic E-state index is 13.8. The van der Waals surface area contributed by atoms with Crippen LogP contribution in [0.4, 0.5) is 17.7 Å². The Morgan fingerprint density at radius 2 is 1.31 bits per heavy atom. The molecule has 0 aromatic carbocycles. The molecule has 4 aliphatic heterocycles. The number of ether oxygens (including phenoxy) is 5. The van der Waals surface area contributed by atoms with E-state index in [1.165, 1.54) is 46.7 Å². The Hall–Kier alpha value is -4.93. The van der Waals surface area contributed by atoms with Crippen LogP contribution in [0.3, 0.4) is 0 Å². The van der Waals surface area contributed by atoms with Crippen molar-refractivity contribution in [2.45, 2.75) is 87.3 Å². The Morgan fingerprint density at radius 3 is 1.96 bits per heavy atom. The number of hydrogen-bond donors (Lipinski definition) is 13. The van der Waals surface area contributed by atoms with Gasteiger partial charge in [0, 0.05) is 32.8 Å². The molecule has 3 saturated heterocycles. The van der Waals surface area contributed by atoms with E-state index in [4.69, 9.17) is 59.0 Å². The van der Waals surface area contributed by atoms with Gasteiger partial charge in [-0.05, 0) is 12.0 Å². The van der Waals surface area contributed by atoms with Crippen LogP contribution in [0.15, 0.2) is 39.1 Å². The largest absolute Gasteiger partial charge is 0.490 e. The predicted octanol–water partition coefficient (Wildman–Crippen LogP) is -2.03. The lowest BCUT2D eigenvalue weighted by Gasteiger charge is -2.26. The van der Waals surface area contributed by atoms with Crippen molar-refractivity contribution < 1.29 is 122 Å². The van der Waals surface area contributed by atoms with Crippen LogP contribution in [0, 0.1) is 5.92 Å². The van der Waals surface area contributed by atoms with Crippen molar-refractivity contribution in [2.24, 2.45) is 23.7 Å². The van der Waals surface area contributed by atoms with Crippen molar-refractivity contribution in [3.63, 3.8) is 0 Å². The molecule has 9 rings (SSSR count). The first kappa shape index (κ1) is 63.6. The Kier molecular flexibility index (Phi) is 18.4. The molecule has 0 aliphatic carbocycles. The van der Waals surface area contributed by atoms with Gasteiger partial charge in [-0.1, -0.05) is 11.9 Å². The summed E-state index contributed by atoms with van der Waals surface area (Å²) in [6.07, 6.45) is -12.1. The van der Waals surface area contributed by atoms with Gasteiger partial charge in [-0.2, -0.15) is 17.9 Å². The van der Waals surface area contributed by atoms with Crippen LogP contribution in [-0.4, -0.2) is 179 Å². The third-order valence-corrected chi connectivity index (χ3v) is 20.2. The van der Waals surface area contributed by atoms with E-state index < -0.39 is 143 Å². The Labute approximate surface area is 469 Å². The molecule has 0 bridgehead atoms. The molecule has 0 spiro atoms. The first-order valence-corrected chi connectivity index (χ1v) is 31.8.